The number of nitrogens with zero attached hydrogens (tertiary/aromatic N) is 3. The molecule has 0 radical (unpaired) electrons. The molecule has 0 bridgehead atoms. The summed E-state index contributed by atoms with van der Waals surface area (Å²) in [6, 6.07) is 19.0. The van der Waals surface area contributed by atoms with Crippen LogP contribution in [-0.2, 0) is 11.3 Å². The quantitative estimate of drug-likeness (QED) is 0.489. The van der Waals surface area contributed by atoms with Crippen LogP contribution in [0.25, 0.3) is 22.4 Å². The van der Waals surface area contributed by atoms with Crippen molar-refractivity contribution < 1.29 is 9.53 Å². The van der Waals surface area contributed by atoms with Gasteiger partial charge in [0.05, 0.1) is 18.8 Å². The Morgan fingerprint density at radius 2 is 1.52 bits per heavy atom. The van der Waals surface area contributed by atoms with E-state index in [9.17, 15) is 9.59 Å². The second kappa shape index (κ2) is 10.7. The Kier molecular flexibility index (Phi) is 7.73. The fraction of sp³-hybridized carbons (Fsp3) is 0.320. The Labute approximate surface area is 183 Å². The summed E-state index contributed by atoms with van der Waals surface area (Å²) in [6.45, 7) is 8.90. The number of aromatic nitrogens is 2. The standard InChI is InChI=1S/C25H29N3O3/c1-4-27(5-2)17-18-28-24(29)22(25(30)31-6-3)21(19-13-9-7-10-14-19)23(26-28)20-15-11-8-12-16-20/h7-16H,4-6,17-18H2,1-3H3. The lowest BCUT2D eigenvalue weighted by Gasteiger charge is -2.20. The van der Waals surface area contributed by atoms with Gasteiger partial charge in [0.2, 0.25) is 0 Å². The number of likely N-dealkylation sites (N-methyl/N-ethyl adjacent to an activating group) is 1. The second-order valence-electron chi connectivity index (χ2n) is 7.11. The van der Waals surface area contributed by atoms with Gasteiger partial charge in [0.1, 0.15) is 5.56 Å². The Hall–Kier alpha value is -3.25. The van der Waals surface area contributed by atoms with Crippen LogP contribution < -0.4 is 5.56 Å². The van der Waals surface area contributed by atoms with Gasteiger partial charge >= 0.3 is 5.97 Å². The maximum atomic E-state index is 13.4. The molecule has 1 heterocycles. The van der Waals surface area contributed by atoms with Crippen molar-refractivity contribution in [3.8, 4) is 22.4 Å². The third-order valence-electron chi connectivity index (χ3n) is 5.27. The Morgan fingerprint density at radius 3 is 2.06 bits per heavy atom. The highest BCUT2D eigenvalue weighted by atomic mass is 16.5. The molecule has 0 N–H and O–H groups in total. The molecule has 2 aromatic carbocycles. The van der Waals surface area contributed by atoms with Gasteiger partial charge in [-0.2, -0.15) is 5.10 Å². The van der Waals surface area contributed by atoms with Crippen molar-refractivity contribution in [3.63, 3.8) is 0 Å². The molecule has 0 fully saturated rings. The maximum absolute atomic E-state index is 13.4. The van der Waals surface area contributed by atoms with Crippen LogP contribution >= 0.6 is 0 Å². The molecule has 0 unspecified atom stereocenters. The SMILES string of the molecule is CCOC(=O)c1c(-c2ccccc2)c(-c2ccccc2)nn(CCN(CC)CC)c1=O. The van der Waals surface area contributed by atoms with Crippen molar-refractivity contribution in [1.82, 2.24) is 14.7 Å². The van der Waals surface area contributed by atoms with E-state index in [0.717, 1.165) is 24.2 Å². The summed E-state index contributed by atoms with van der Waals surface area (Å²) >= 11 is 0. The van der Waals surface area contributed by atoms with Gasteiger partial charge in [-0.1, -0.05) is 74.5 Å². The summed E-state index contributed by atoms with van der Waals surface area (Å²) in [6.07, 6.45) is 0. The zero-order valence-electron chi connectivity index (χ0n) is 18.4. The van der Waals surface area contributed by atoms with Crippen LogP contribution in [0, 0.1) is 0 Å². The van der Waals surface area contributed by atoms with E-state index in [1.54, 1.807) is 6.92 Å². The maximum Gasteiger partial charge on any atom is 0.344 e. The van der Waals surface area contributed by atoms with Crippen LogP contribution in [0.3, 0.4) is 0 Å². The highest BCUT2D eigenvalue weighted by molar-refractivity contribution is 6.00. The molecule has 3 aromatic rings. The molecular formula is C25H29N3O3. The molecular weight excluding hydrogens is 390 g/mol. The minimum absolute atomic E-state index is 0.0291. The van der Waals surface area contributed by atoms with Crippen LogP contribution in [-0.4, -0.2) is 46.9 Å². The van der Waals surface area contributed by atoms with Crippen molar-refractivity contribution in [2.45, 2.75) is 27.3 Å². The zero-order chi connectivity index (χ0) is 22.2. The lowest BCUT2D eigenvalue weighted by molar-refractivity contribution is 0.0524. The molecule has 162 valence electrons. The first-order valence-electron chi connectivity index (χ1n) is 10.8. The van der Waals surface area contributed by atoms with Gasteiger partial charge in [0.25, 0.3) is 5.56 Å². The van der Waals surface area contributed by atoms with Gasteiger partial charge in [-0.3, -0.25) is 4.79 Å². The Morgan fingerprint density at radius 1 is 0.935 bits per heavy atom. The highest BCUT2D eigenvalue weighted by Gasteiger charge is 2.26. The average Bonchev–Trinajstić information content (AvgIpc) is 2.81. The third kappa shape index (κ3) is 5.09. The Bertz CT molecular complexity index is 1060. The van der Waals surface area contributed by atoms with Crippen molar-refractivity contribution in [2.75, 3.05) is 26.2 Å². The molecule has 31 heavy (non-hydrogen) atoms. The van der Waals surface area contributed by atoms with Crippen molar-refractivity contribution in [3.05, 3.63) is 76.6 Å². The minimum atomic E-state index is -0.623. The first-order valence-corrected chi connectivity index (χ1v) is 10.8. The number of rotatable bonds is 9. The molecule has 0 aliphatic carbocycles. The van der Waals surface area contributed by atoms with E-state index in [1.165, 1.54) is 4.68 Å². The third-order valence-corrected chi connectivity index (χ3v) is 5.27. The lowest BCUT2D eigenvalue weighted by atomic mass is 9.95. The molecule has 0 aliphatic heterocycles. The fourth-order valence-electron chi connectivity index (χ4n) is 3.57. The van der Waals surface area contributed by atoms with Gasteiger partial charge in [-0.05, 0) is 25.6 Å². The highest BCUT2D eigenvalue weighted by Crippen LogP contribution is 2.32. The van der Waals surface area contributed by atoms with Crippen molar-refractivity contribution in [2.24, 2.45) is 0 Å². The molecule has 6 nitrogen and oxygen atoms in total. The van der Waals surface area contributed by atoms with E-state index in [2.05, 4.69) is 18.7 Å². The predicted molar refractivity (Wildman–Crippen MR) is 123 cm³/mol. The first-order chi connectivity index (χ1) is 15.1. The van der Waals surface area contributed by atoms with Gasteiger partial charge in [0.15, 0.2) is 0 Å². The number of hydrogen-bond donors (Lipinski definition) is 0. The smallest absolute Gasteiger partial charge is 0.344 e. The minimum Gasteiger partial charge on any atom is -0.462 e. The summed E-state index contributed by atoms with van der Waals surface area (Å²) in [5.41, 5.74) is 2.29. The van der Waals surface area contributed by atoms with Crippen LogP contribution in [0.15, 0.2) is 65.5 Å². The average molecular weight is 420 g/mol. The molecule has 0 saturated carbocycles. The van der Waals surface area contributed by atoms with Gasteiger partial charge < -0.3 is 9.64 Å². The largest absolute Gasteiger partial charge is 0.462 e. The normalized spacial score (nSPS) is 11.0. The molecule has 0 aliphatic rings. The number of benzene rings is 2. The zero-order valence-corrected chi connectivity index (χ0v) is 18.4. The molecule has 1 aromatic heterocycles. The monoisotopic (exact) mass is 419 g/mol. The number of ether oxygens (including phenoxy) is 1. The van der Waals surface area contributed by atoms with Crippen LogP contribution in [0.2, 0.25) is 0 Å². The van der Waals surface area contributed by atoms with E-state index in [4.69, 9.17) is 9.84 Å². The van der Waals surface area contributed by atoms with Gasteiger partial charge in [0, 0.05) is 17.7 Å². The summed E-state index contributed by atoms with van der Waals surface area (Å²) in [4.78, 5) is 28.6. The summed E-state index contributed by atoms with van der Waals surface area (Å²) < 4.78 is 6.70. The summed E-state index contributed by atoms with van der Waals surface area (Å²) in [5, 5.41) is 4.73. The molecule has 6 heteroatoms. The van der Waals surface area contributed by atoms with Crippen molar-refractivity contribution in [1.29, 1.82) is 0 Å². The molecule has 0 amide bonds. The van der Waals surface area contributed by atoms with Crippen LogP contribution in [0.5, 0.6) is 0 Å². The predicted octanol–water partition coefficient (Wildman–Crippen LogP) is 4.10. The topological polar surface area (TPSA) is 64.4 Å². The molecule has 3 rings (SSSR count). The van der Waals surface area contributed by atoms with Crippen molar-refractivity contribution >= 4 is 5.97 Å². The summed E-state index contributed by atoms with van der Waals surface area (Å²) in [5.74, 6) is -0.623. The number of carbonyl (C=O) groups excluding carboxylic acids is 1. The molecule has 0 atom stereocenters. The van der Waals surface area contributed by atoms with E-state index in [1.807, 2.05) is 60.7 Å². The summed E-state index contributed by atoms with van der Waals surface area (Å²) in [7, 11) is 0. The lowest BCUT2D eigenvalue weighted by Crippen LogP contribution is -2.35. The van der Waals surface area contributed by atoms with E-state index < -0.39 is 11.5 Å². The number of esters is 1. The fourth-order valence-corrected chi connectivity index (χ4v) is 3.57. The van der Waals surface area contributed by atoms with E-state index >= 15 is 0 Å². The molecule has 0 spiro atoms. The number of hydrogen-bond acceptors (Lipinski definition) is 5. The second-order valence-corrected chi connectivity index (χ2v) is 7.11. The van der Waals surface area contributed by atoms with E-state index in [0.29, 0.717) is 24.3 Å². The van der Waals surface area contributed by atoms with Gasteiger partial charge in [-0.15, -0.1) is 0 Å². The van der Waals surface area contributed by atoms with E-state index in [-0.39, 0.29) is 12.2 Å². The first kappa shape index (κ1) is 22.4. The molecule has 0 saturated heterocycles. The van der Waals surface area contributed by atoms with Crippen LogP contribution in [0.1, 0.15) is 31.1 Å². The Balaban J connectivity index is 2.28. The number of carbonyl (C=O) groups is 1. The van der Waals surface area contributed by atoms with Crippen LogP contribution in [0.4, 0.5) is 0 Å². The van der Waals surface area contributed by atoms with Gasteiger partial charge in [-0.25, -0.2) is 9.48 Å².